The number of nitriles is 2. The number of aliphatic hydroxyl groups is 2. The Balaban J connectivity index is 0. The lowest BCUT2D eigenvalue weighted by molar-refractivity contribution is 0.0857. The molecular weight excluding hydrogens is 144 g/mol. The van der Waals surface area contributed by atoms with Gasteiger partial charge in [0.05, 0.1) is 13.2 Å². The predicted octanol–water partition coefficient (Wildman–Crippen LogP) is 0.0308. The summed E-state index contributed by atoms with van der Waals surface area (Å²) < 4.78 is 0. The van der Waals surface area contributed by atoms with Gasteiger partial charge in [-0.15, -0.1) is 0 Å². The second-order valence-corrected chi connectivity index (χ2v) is 2.70. The zero-order valence-electron chi connectivity index (χ0n) is 6.70. The molecule has 0 saturated carbocycles. The lowest BCUT2D eigenvalue weighted by Gasteiger charge is -2.16. The molecular formula is C7H12N2O2. The minimum atomic E-state index is -0.306. The Morgan fingerprint density at radius 2 is 1.36 bits per heavy atom. The van der Waals surface area contributed by atoms with Crippen LogP contribution in [-0.2, 0) is 0 Å². The molecule has 0 amide bonds. The molecule has 0 aliphatic rings. The van der Waals surface area contributed by atoms with Gasteiger partial charge in [0.1, 0.15) is 0 Å². The quantitative estimate of drug-likeness (QED) is 0.590. The molecule has 11 heavy (non-hydrogen) atoms. The van der Waals surface area contributed by atoms with Crippen LogP contribution in [0.15, 0.2) is 0 Å². The van der Waals surface area contributed by atoms with Crippen molar-refractivity contribution in [2.24, 2.45) is 5.41 Å². The fourth-order valence-corrected chi connectivity index (χ4v) is 0.0500. The van der Waals surface area contributed by atoms with Crippen molar-refractivity contribution in [3.8, 4) is 12.1 Å². The normalized spacial score (nSPS) is 8.55. The first-order chi connectivity index (χ1) is 5.04. The molecule has 0 radical (unpaired) electrons. The van der Waals surface area contributed by atoms with E-state index in [1.54, 1.807) is 13.8 Å². The minimum absolute atomic E-state index is 0.0451. The molecule has 0 atom stereocenters. The molecule has 0 heterocycles. The summed E-state index contributed by atoms with van der Waals surface area (Å²) in [5, 5.41) is 31.4. The van der Waals surface area contributed by atoms with Gasteiger partial charge in [-0.25, -0.2) is 0 Å². The predicted molar refractivity (Wildman–Crippen MR) is 39.2 cm³/mol. The van der Waals surface area contributed by atoms with Crippen LogP contribution in [0.1, 0.15) is 13.8 Å². The first kappa shape index (κ1) is 12.6. The molecule has 0 aliphatic carbocycles. The number of hydrogen-bond acceptors (Lipinski definition) is 4. The van der Waals surface area contributed by atoms with Crippen molar-refractivity contribution in [3.05, 3.63) is 0 Å². The van der Waals surface area contributed by atoms with Crippen LogP contribution < -0.4 is 0 Å². The molecule has 0 spiro atoms. The first-order valence-electron chi connectivity index (χ1n) is 3.04. The molecule has 2 N–H and O–H groups in total. The van der Waals surface area contributed by atoms with Gasteiger partial charge >= 0.3 is 0 Å². The molecule has 0 rings (SSSR count). The molecule has 0 aliphatic heterocycles. The lowest BCUT2D eigenvalue weighted by Crippen LogP contribution is -2.20. The van der Waals surface area contributed by atoms with Crippen LogP contribution in [0.3, 0.4) is 0 Å². The van der Waals surface area contributed by atoms with Crippen LogP contribution in [-0.4, -0.2) is 23.4 Å². The van der Waals surface area contributed by atoms with E-state index in [9.17, 15) is 0 Å². The maximum Gasteiger partial charge on any atom is 0.181 e. The molecule has 0 aromatic carbocycles. The highest BCUT2D eigenvalue weighted by molar-refractivity contribution is 4.99. The number of nitrogens with zero attached hydrogens (tertiary/aromatic N) is 2. The van der Waals surface area contributed by atoms with Crippen molar-refractivity contribution in [1.82, 2.24) is 0 Å². The van der Waals surface area contributed by atoms with Crippen LogP contribution >= 0.6 is 0 Å². The molecule has 0 unspecified atom stereocenters. The smallest absolute Gasteiger partial charge is 0.181 e. The van der Waals surface area contributed by atoms with Gasteiger partial charge in [-0.2, -0.15) is 10.5 Å². The van der Waals surface area contributed by atoms with Crippen molar-refractivity contribution in [1.29, 1.82) is 10.5 Å². The third kappa shape index (κ3) is 12.2. The third-order valence-electron chi connectivity index (χ3n) is 0.906. The Kier molecular flexibility index (Phi) is 8.01. The average molecular weight is 156 g/mol. The zero-order valence-corrected chi connectivity index (χ0v) is 6.70. The number of hydrogen-bond donors (Lipinski definition) is 2. The maximum absolute atomic E-state index is 8.43. The van der Waals surface area contributed by atoms with Crippen LogP contribution in [0.5, 0.6) is 0 Å². The van der Waals surface area contributed by atoms with E-state index < -0.39 is 0 Å². The summed E-state index contributed by atoms with van der Waals surface area (Å²) in [6.07, 6.45) is 0. The van der Waals surface area contributed by atoms with Gasteiger partial charge in [0.25, 0.3) is 0 Å². The molecule has 4 nitrogen and oxygen atoms in total. The maximum atomic E-state index is 8.43. The Labute approximate surface area is 66.3 Å². The molecule has 0 saturated heterocycles. The zero-order chi connectivity index (χ0) is 9.33. The summed E-state index contributed by atoms with van der Waals surface area (Å²) in [6, 6.07) is 2.47. The van der Waals surface area contributed by atoms with E-state index >= 15 is 0 Å². The fourth-order valence-electron chi connectivity index (χ4n) is 0.0500. The van der Waals surface area contributed by atoms with Crippen molar-refractivity contribution < 1.29 is 10.2 Å². The summed E-state index contributed by atoms with van der Waals surface area (Å²) in [4.78, 5) is 0. The highest BCUT2D eigenvalue weighted by atomic mass is 16.3. The van der Waals surface area contributed by atoms with E-state index in [0.29, 0.717) is 0 Å². The highest BCUT2D eigenvalue weighted by Gasteiger charge is 2.13. The van der Waals surface area contributed by atoms with Gasteiger partial charge in [0, 0.05) is 5.41 Å². The van der Waals surface area contributed by atoms with Crippen molar-refractivity contribution >= 4 is 0 Å². The van der Waals surface area contributed by atoms with Gasteiger partial charge in [-0.05, 0) is 0 Å². The van der Waals surface area contributed by atoms with Crippen molar-refractivity contribution in [2.75, 3.05) is 13.2 Å². The van der Waals surface area contributed by atoms with E-state index in [4.69, 9.17) is 20.7 Å². The Bertz CT molecular complexity index is 146. The van der Waals surface area contributed by atoms with Gasteiger partial charge in [-0.3, -0.25) is 0 Å². The van der Waals surface area contributed by atoms with Gasteiger partial charge in [-0.1, -0.05) is 13.8 Å². The Morgan fingerprint density at radius 3 is 1.36 bits per heavy atom. The largest absolute Gasteiger partial charge is 0.396 e. The van der Waals surface area contributed by atoms with Gasteiger partial charge in [0.15, 0.2) is 12.1 Å². The van der Waals surface area contributed by atoms with Crippen molar-refractivity contribution in [2.45, 2.75) is 13.8 Å². The van der Waals surface area contributed by atoms with Crippen LogP contribution in [0, 0.1) is 28.1 Å². The molecule has 0 aromatic rings. The Morgan fingerprint density at radius 1 is 1.09 bits per heavy atom. The monoisotopic (exact) mass is 156 g/mol. The molecule has 62 valence electrons. The summed E-state index contributed by atoms with van der Waals surface area (Å²) in [7, 11) is 0. The van der Waals surface area contributed by atoms with E-state index in [1.165, 1.54) is 12.1 Å². The van der Waals surface area contributed by atoms with Gasteiger partial charge < -0.3 is 10.2 Å². The topological polar surface area (TPSA) is 88.0 Å². The SMILES string of the molecule is CC(C)(CO)CO.N#CC#N. The van der Waals surface area contributed by atoms with Crippen LogP contribution in [0.25, 0.3) is 0 Å². The first-order valence-corrected chi connectivity index (χ1v) is 3.04. The third-order valence-corrected chi connectivity index (χ3v) is 0.906. The average Bonchev–Trinajstić information content (AvgIpc) is 2.05. The molecule has 0 bridgehead atoms. The molecule has 0 fully saturated rings. The second-order valence-electron chi connectivity index (χ2n) is 2.70. The molecule has 4 heteroatoms. The van der Waals surface area contributed by atoms with E-state index in [0.717, 1.165) is 0 Å². The van der Waals surface area contributed by atoms with Crippen LogP contribution in [0.2, 0.25) is 0 Å². The standard InChI is InChI=1S/C5H12O2.C2N2/c1-5(2,3-6)4-7;3-1-2-4/h6-7H,3-4H2,1-2H3;. The van der Waals surface area contributed by atoms with Crippen LogP contribution in [0.4, 0.5) is 0 Å². The fraction of sp³-hybridized carbons (Fsp3) is 0.714. The summed E-state index contributed by atoms with van der Waals surface area (Å²) in [5.74, 6) is 0. The van der Waals surface area contributed by atoms with E-state index in [2.05, 4.69) is 0 Å². The highest BCUT2D eigenvalue weighted by Crippen LogP contribution is 2.10. The van der Waals surface area contributed by atoms with Crippen molar-refractivity contribution in [3.63, 3.8) is 0 Å². The minimum Gasteiger partial charge on any atom is -0.396 e. The lowest BCUT2D eigenvalue weighted by atomic mass is 9.97. The number of aliphatic hydroxyl groups excluding tert-OH is 2. The summed E-state index contributed by atoms with van der Waals surface area (Å²) >= 11 is 0. The Hall–Kier alpha value is -1.10. The van der Waals surface area contributed by atoms with E-state index in [-0.39, 0.29) is 18.6 Å². The summed E-state index contributed by atoms with van der Waals surface area (Å²) in [6.45, 7) is 3.69. The van der Waals surface area contributed by atoms with Gasteiger partial charge in [0.2, 0.25) is 0 Å². The number of rotatable bonds is 2. The van der Waals surface area contributed by atoms with E-state index in [1.807, 2.05) is 0 Å². The summed E-state index contributed by atoms with van der Waals surface area (Å²) in [5.41, 5.74) is -0.306. The molecule has 0 aromatic heterocycles. The second kappa shape index (κ2) is 7.01.